The van der Waals surface area contributed by atoms with Crippen LogP contribution in [-0.4, -0.2) is 17.6 Å². The third-order valence-electron chi connectivity index (χ3n) is 3.00. The fraction of sp³-hybridized carbons (Fsp3) is 0.0714. The summed E-state index contributed by atoms with van der Waals surface area (Å²) in [6.45, 7) is 0. The molecule has 19 heavy (non-hydrogen) atoms. The van der Waals surface area contributed by atoms with Gasteiger partial charge < -0.3 is 0 Å². The largest absolute Gasteiger partial charge is 0.295 e. The van der Waals surface area contributed by atoms with Crippen LogP contribution in [0.15, 0.2) is 41.8 Å². The van der Waals surface area contributed by atoms with Gasteiger partial charge in [-0.05, 0) is 22.6 Å². The van der Waals surface area contributed by atoms with Crippen molar-refractivity contribution in [3.05, 3.63) is 46.7 Å². The minimum atomic E-state index is -0.977. The highest BCUT2D eigenvalue weighted by atomic mass is 32.1. The van der Waals surface area contributed by atoms with Gasteiger partial charge in [0.1, 0.15) is 5.92 Å². The van der Waals surface area contributed by atoms with Crippen molar-refractivity contribution in [2.75, 3.05) is 0 Å². The Labute approximate surface area is 113 Å². The van der Waals surface area contributed by atoms with Crippen molar-refractivity contribution >= 4 is 28.9 Å². The van der Waals surface area contributed by atoms with Gasteiger partial charge in [0, 0.05) is 4.88 Å². The number of hydrogen-bond donors (Lipinski definition) is 1. The molecule has 5 heteroatoms. The van der Waals surface area contributed by atoms with E-state index in [-0.39, 0.29) is 0 Å². The first-order valence-electron chi connectivity index (χ1n) is 5.69. The van der Waals surface area contributed by atoms with Crippen LogP contribution < -0.4 is 5.32 Å². The molecule has 1 atom stereocenters. The molecule has 0 aliphatic carbocycles. The average Bonchev–Trinajstić information content (AvgIpc) is 2.97. The van der Waals surface area contributed by atoms with E-state index in [1.54, 1.807) is 6.07 Å². The fourth-order valence-corrected chi connectivity index (χ4v) is 3.05. The number of nitrogens with one attached hydrogen (secondary N) is 1. The molecule has 1 fully saturated rings. The molecule has 94 valence electrons. The van der Waals surface area contributed by atoms with Crippen LogP contribution in [0.5, 0.6) is 0 Å². The maximum absolute atomic E-state index is 11.6. The molecule has 1 aliphatic rings. The zero-order chi connectivity index (χ0) is 13.4. The van der Waals surface area contributed by atoms with E-state index < -0.39 is 23.5 Å². The fourth-order valence-electron chi connectivity index (χ4n) is 2.04. The molecule has 0 bridgehead atoms. The van der Waals surface area contributed by atoms with Crippen LogP contribution in [0.1, 0.15) is 10.8 Å². The molecule has 3 rings (SSSR count). The quantitative estimate of drug-likeness (QED) is 0.514. The Morgan fingerprint density at radius 3 is 2.37 bits per heavy atom. The highest BCUT2D eigenvalue weighted by molar-refractivity contribution is 7.11. The lowest BCUT2D eigenvalue weighted by Gasteiger charge is -1.99. The number of hydrogen-bond acceptors (Lipinski definition) is 4. The van der Waals surface area contributed by atoms with E-state index in [4.69, 9.17) is 0 Å². The van der Waals surface area contributed by atoms with Crippen LogP contribution in [0.4, 0.5) is 0 Å². The number of thiophene rings is 1. The Hall–Kier alpha value is -2.27. The van der Waals surface area contributed by atoms with Crippen LogP contribution >= 0.6 is 11.3 Å². The van der Waals surface area contributed by atoms with Crippen LogP contribution in [0.25, 0.3) is 11.1 Å². The SMILES string of the molecule is O=C1NC(=O)C(c2cc(-c3ccccc3)cs2)C1=O. The lowest BCUT2D eigenvalue weighted by Crippen LogP contribution is -2.21. The minimum Gasteiger partial charge on any atom is -0.289 e. The Morgan fingerprint density at radius 2 is 1.74 bits per heavy atom. The predicted octanol–water partition coefficient (Wildman–Crippen LogP) is 1.72. The van der Waals surface area contributed by atoms with Crippen molar-refractivity contribution in [3.63, 3.8) is 0 Å². The molecule has 1 N–H and O–H groups in total. The van der Waals surface area contributed by atoms with Crippen molar-refractivity contribution in [2.45, 2.75) is 5.92 Å². The predicted molar refractivity (Wildman–Crippen MR) is 70.7 cm³/mol. The van der Waals surface area contributed by atoms with Crippen molar-refractivity contribution < 1.29 is 14.4 Å². The van der Waals surface area contributed by atoms with Gasteiger partial charge in [0.25, 0.3) is 5.91 Å². The molecule has 2 amide bonds. The minimum absolute atomic E-state index is 0.531. The topological polar surface area (TPSA) is 63.2 Å². The third-order valence-corrected chi connectivity index (χ3v) is 3.99. The molecular formula is C14H9NO3S. The second-order valence-electron chi connectivity index (χ2n) is 4.22. The Balaban J connectivity index is 1.96. The smallest absolute Gasteiger partial charge is 0.289 e. The molecular weight excluding hydrogens is 262 g/mol. The van der Waals surface area contributed by atoms with Crippen LogP contribution in [0.2, 0.25) is 0 Å². The molecule has 4 nitrogen and oxygen atoms in total. The summed E-state index contributed by atoms with van der Waals surface area (Å²) in [5.41, 5.74) is 1.96. The van der Waals surface area contributed by atoms with Crippen LogP contribution in [-0.2, 0) is 14.4 Å². The van der Waals surface area contributed by atoms with Gasteiger partial charge in [0.2, 0.25) is 11.7 Å². The number of Topliss-reactive ketones (excluding diaryl/α,β-unsaturated/α-hetero) is 1. The number of imide groups is 1. The average molecular weight is 271 g/mol. The maximum Gasteiger partial charge on any atom is 0.295 e. The molecule has 1 saturated heterocycles. The molecule has 1 aromatic heterocycles. The Morgan fingerprint density at radius 1 is 1.00 bits per heavy atom. The van der Waals surface area contributed by atoms with E-state index in [0.717, 1.165) is 11.1 Å². The van der Waals surface area contributed by atoms with Gasteiger partial charge in [-0.25, -0.2) is 0 Å². The summed E-state index contributed by atoms with van der Waals surface area (Å²) in [5.74, 6) is -3.00. The highest BCUT2D eigenvalue weighted by Gasteiger charge is 2.42. The zero-order valence-electron chi connectivity index (χ0n) is 9.75. The van der Waals surface area contributed by atoms with Gasteiger partial charge in [-0.3, -0.25) is 19.7 Å². The van der Waals surface area contributed by atoms with Gasteiger partial charge in [-0.15, -0.1) is 11.3 Å². The van der Waals surface area contributed by atoms with Crippen LogP contribution in [0.3, 0.4) is 0 Å². The number of carbonyl (C=O) groups is 3. The van der Waals surface area contributed by atoms with E-state index in [1.165, 1.54) is 11.3 Å². The second kappa shape index (κ2) is 4.44. The van der Waals surface area contributed by atoms with Crippen molar-refractivity contribution in [1.29, 1.82) is 0 Å². The van der Waals surface area contributed by atoms with Gasteiger partial charge in [-0.2, -0.15) is 0 Å². The molecule has 0 spiro atoms. The first kappa shape index (κ1) is 11.8. The second-order valence-corrected chi connectivity index (χ2v) is 5.16. The van der Waals surface area contributed by atoms with E-state index in [9.17, 15) is 14.4 Å². The summed E-state index contributed by atoms with van der Waals surface area (Å²) in [5, 5.41) is 3.93. The molecule has 0 saturated carbocycles. The number of carbonyl (C=O) groups excluding carboxylic acids is 3. The molecule has 1 aliphatic heterocycles. The number of amides is 2. The third kappa shape index (κ3) is 1.98. The summed E-state index contributed by atoms with van der Waals surface area (Å²) in [7, 11) is 0. The van der Waals surface area contributed by atoms with E-state index in [2.05, 4.69) is 0 Å². The van der Waals surface area contributed by atoms with E-state index in [1.807, 2.05) is 41.0 Å². The van der Waals surface area contributed by atoms with Crippen LogP contribution in [0, 0.1) is 0 Å². The first-order valence-corrected chi connectivity index (χ1v) is 6.57. The number of rotatable bonds is 2. The van der Waals surface area contributed by atoms with Gasteiger partial charge >= 0.3 is 0 Å². The molecule has 2 heterocycles. The lowest BCUT2D eigenvalue weighted by molar-refractivity contribution is -0.135. The van der Waals surface area contributed by atoms with E-state index in [0.29, 0.717) is 4.88 Å². The molecule has 1 aromatic carbocycles. The van der Waals surface area contributed by atoms with E-state index >= 15 is 0 Å². The lowest BCUT2D eigenvalue weighted by atomic mass is 10.0. The Bertz CT molecular complexity index is 675. The standard InChI is InChI=1S/C14H9NO3S/c16-12-11(13(17)15-14(12)18)10-6-9(7-19-10)8-4-2-1-3-5-8/h1-7,11H,(H,15,17,18). The molecule has 0 radical (unpaired) electrons. The van der Waals surface area contributed by atoms with Crippen molar-refractivity contribution in [2.24, 2.45) is 0 Å². The maximum atomic E-state index is 11.6. The normalized spacial score (nSPS) is 18.7. The van der Waals surface area contributed by atoms with Gasteiger partial charge in [0.15, 0.2) is 0 Å². The number of benzene rings is 1. The molecule has 1 unspecified atom stereocenters. The highest BCUT2D eigenvalue weighted by Crippen LogP contribution is 2.32. The van der Waals surface area contributed by atoms with Gasteiger partial charge in [-0.1, -0.05) is 30.3 Å². The zero-order valence-corrected chi connectivity index (χ0v) is 10.6. The summed E-state index contributed by atoms with van der Waals surface area (Å²) in [6, 6.07) is 11.5. The summed E-state index contributed by atoms with van der Waals surface area (Å²) in [4.78, 5) is 35.0. The van der Waals surface area contributed by atoms with Crippen molar-refractivity contribution in [1.82, 2.24) is 5.32 Å². The van der Waals surface area contributed by atoms with Gasteiger partial charge in [0.05, 0.1) is 0 Å². The monoisotopic (exact) mass is 271 g/mol. The number of ketones is 1. The molecule has 2 aromatic rings. The summed E-state index contributed by atoms with van der Waals surface area (Å²) >= 11 is 1.32. The summed E-state index contributed by atoms with van der Waals surface area (Å²) < 4.78 is 0. The summed E-state index contributed by atoms with van der Waals surface area (Å²) in [6.07, 6.45) is 0. The Kier molecular flexibility index (Phi) is 2.76. The first-order chi connectivity index (χ1) is 9.16. The van der Waals surface area contributed by atoms with Crippen molar-refractivity contribution in [3.8, 4) is 11.1 Å².